The van der Waals surface area contributed by atoms with Crippen molar-refractivity contribution in [2.45, 2.75) is 45.6 Å². The standard InChI is InChI=1S/C11H17N3O3S/c1-3-5-7-9(18-14-13-7)10(15)12-8(6-4-2)11(16)17/h8H,3-6H2,1-2H3,(H,12,15)(H,16,17). The van der Waals surface area contributed by atoms with Gasteiger partial charge in [0.1, 0.15) is 10.9 Å². The maximum Gasteiger partial charge on any atom is 0.326 e. The fourth-order valence-electron chi connectivity index (χ4n) is 1.55. The molecule has 0 aromatic carbocycles. The third-order valence-corrected chi connectivity index (χ3v) is 3.20. The molecule has 0 bridgehead atoms. The molecule has 0 saturated heterocycles. The number of amides is 1. The third kappa shape index (κ3) is 3.76. The van der Waals surface area contributed by atoms with Gasteiger partial charge in [-0.3, -0.25) is 4.79 Å². The zero-order chi connectivity index (χ0) is 13.5. The quantitative estimate of drug-likeness (QED) is 0.783. The number of carbonyl (C=O) groups is 2. The Labute approximate surface area is 110 Å². The van der Waals surface area contributed by atoms with E-state index < -0.39 is 17.9 Å². The van der Waals surface area contributed by atoms with E-state index in [4.69, 9.17) is 5.11 Å². The third-order valence-electron chi connectivity index (χ3n) is 2.43. The molecule has 0 saturated carbocycles. The number of hydrogen-bond donors (Lipinski definition) is 2. The van der Waals surface area contributed by atoms with Gasteiger partial charge in [0.05, 0.1) is 5.69 Å². The molecular formula is C11H17N3O3S. The van der Waals surface area contributed by atoms with Crippen LogP contribution in [-0.4, -0.2) is 32.6 Å². The summed E-state index contributed by atoms with van der Waals surface area (Å²) < 4.78 is 3.74. The van der Waals surface area contributed by atoms with Crippen molar-refractivity contribution in [3.05, 3.63) is 10.6 Å². The Morgan fingerprint density at radius 3 is 2.67 bits per heavy atom. The predicted molar refractivity (Wildman–Crippen MR) is 67.7 cm³/mol. The summed E-state index contributed by atoms with van der Waals surface area (Å²) in [5, 5.41) is 15.4. The first-order valence-electron chi connectivity index (χ1n) is 5.95. The van der Waals surface area contributed by atoms with Crippen LogP contribution >= 0.6 is 11.5 Å². The van der Waals surface area contributed by atoms with E-state index in [9.17, 15) is 9.59 Å². The Morgan fingerprint density at radius 2 is 2.11 bits per heavy atom. The number of carboxylic acids is 1. The molecule has 18 heavy (non-hydrogen) atoms. The Balaban J connectivity index is 2.74. The van der Waals surface area contributed by atoms with Crippen molar-refractivity contribution in [3.8, 4) is 0 Å². The minimum absolute atomic E-state index is 0.394. The molecule has 1 aromatic rings. The summed E-state index contributed by atoms with van der Waals surface area (Å²) in [4.78, 5) is 23.3. The van der Waals surface area contributed by atoms with Gasteiger partial charge in [-0.15, -0.1) is 5.10 Å². The van der Waals surface area contributed by atoms with Crippen LogP contribution in [0.3, 0.4) is 0 Å². The van der Waals surface area contributed by atoms with Gasteiger partial charge in [0.15, 0.2) is 0 Å². The molecule has 1 atom stereocenters. The lowest BCUT2D eigenvalue weighted by Crippen LogP contribution is -2.40. The van der Waals surface area contributed by atoms with E-state index in [0.29, 0.717) is 29.8 Å². The summed E-state index contributed by atoms with van der Waals surface area (Å²) in [7, 11) is 0. The maximum atomic E-state index is 11.9. The zero-order valence-electron chi connectivity index (χ0n) is 10.5. The molecule has 1 heterocycles. The van der Waals surface area contributed by atoms with Crippen molar-refractivity contribution >= 4 is 23.4 Å². The monoisotopic (exact) mass is 271 g/mol. The summed E-state index contributed by atoms with van der Waals surface area (Å²) in [5.74, 6) is -1.41. The highest BCUT2D eigenvalue weighted by Gasteiger charge is 2.22. The van der Waals surface area contributed by atoms with Crippen molar-refractivity contribution < 1.29 is 14.7 Å². The number of rotatable bonds is 7. The van der Waals surface area contributed by atoms with E-state index in [-0.39, 0.29) is 0 Å². The molecule has 7 heteroatoms. The lowest BCUT2D eigenvalue weighted by atomic mass is 10.1. The van der Waals surface area contributed by atoms with Gasteiger partial charge >= 0.3 is 5.97 Å². The average molecular weight is 271 g/mol. The van der Waals surface area contributed by atoms with E-state index >= 15 is 0 Å². The van der Waals surface area contributed by atoms with E-state index in [0.717, 1.165) is 18.0 Å². The molecule has 1 amide bonds. The molecule has 1 rings (SSSR count). The first-order chi connectivity index (χ1) is 8.60. The van der Waals surface area contributed by atoms with Gasteiger partial charge in [-0.1, -0.05) is 31.2 Å². The van der Waals surface area contributed by atoms with Crippen LogP contribution in [0.15, 0.2) is 0 Å². The molecule has 2 N–H and O–H groups in total. The van der Waals surface area contributed by atoms with Gasteiger partial charge in [-0.25, -0.2) is 4.79 Å². The molecule has 1 aromatic heterocycles. The summed E-state index contributed by atoms with van der Waals surface area (Å²) in [6, 6.07) is -0.848. The molecule has 6 nitrogen and oxygen atoms in total. The second-order valence-corrected chi connectivity index (χ2v) is 4.71. The van der Waals surface area contributed by atoms with Crippen LogP contribution in [0.1, 0.15) is 48.5 Å². The summed E-state index contributed by atoms with van der Waals surface area (Å²) in [5.41, 5.74) is 0.639. The Bertz CT molecular complexity index is 419. The molecule has 0 aliphatic rings. The van der Waals surface area contributed by atoms with Crippen LogP contribution in [0.2, 0.25) is 0 Å². The van der Waals surface area contributed by atoms with E-state index in [1.165, 1.54) is 0 Å². The van der Waals surface area contributed by atoms with Gasteiger partial charge in [-0.05, 0) is 24.4 Å². The molecule has 100 valence electrons. The normalized spacial score (nSPS) is 12.1. The summed E-state index contributed by atoms with van der Waals surface area (Å²) >= 11 is 1.00. The van der Waals surface area contributed by atoms with Gasteiger partial charge in [-0.2, -0.15) is 0 Å². The molecule has 0 radical (unpaired) electrons. The average Bonchev–Trinajstić information content (AvgIpc) is 2.77. The molecule has 0 fully saturated rings. The van der Waals surface area contributed by atoms with Crippen LogP contribution in [0.5, 0.6) is 0 Å². The van der Waals surface area contributed by atoms with Crippen molar-refractivity contribution in [1.29, 1.82) is 0 Å². The number of aryl methyl sites for hydroxylation is 1. The number of aromatic nitrogens is 2. The van der Waals surface area contributed by atoms with Gasteiger partial charge < -0.3 is 10.4 Å². The summed E-state index contributed by atoms with van der Waals surface area (Å²) in [6.45, 7) is 3.86. The first kappa shape index (κ1) is 14.6. The summed E-state index contributed by atoms with van der Waals surface area (Å²) in [6.07, 6.45) is 2.64. The van der Waals surface area contributed by atoms with E-state index in [1.807, 2.05) is 13.8 Å². The van der Waals surface area contributed by atoms with Gasteiger partial charge in [0.2, 0.25) is 0 Å². The van der Waals surface area contributed by atoms with Crippen LogP contribution in [0.25, 0.3) is 0 Å². The van der Waals surface area contributed by atoms with E-state index in [2.05, 4.69) is 14.9 Å². The lowest BCUT2D eigenvalue weighted by molar-refractivity contribution is -0.139. The Morgan fingerprint density at radius 1 is 1.39 bits per heavy atom. The van der Waals surface area contributed by atoms with Crippen LogP contribution in [0, 0.1) is 0 Å². The predicted octanol–water partition coefficient (Wildman–Crippen LogP) is 1.47. The number of nitrogens with one attached hydrogen (secondary N) is 1. The molecule has 1 unspecified atom stereocenters. The number of nitrogens with zero attached hydrogens (tertiary/aromatic N) is 2. The topological polar surface area (TPSA) is 92.2 Å². The van der Waals surface area contributed by atoms with Crippen LogP contribution < -0.4 is 5.32 Å². The molecule has 0 spiro atoms. The highest BCUT2D eigenvalue weighted by Crippen LogP contribution is 2.13. The number of aliphatic carboxylic acids is 1. The fourth-order valence-corrected chi connectivity index (χ4v) is 2.16. The van der Waals surface area contributed by atoms with Crippen LogP contribution in [0.4, 0.5) is 0 Å². The number of carboxylic acid groups (broad SMARTS) is 1. The number of hydrogen-bond acceptors (Lipinski definition) is 5. The molecular weight excluding hydrogens is 254 g/mol. The Kier molecular flexibility index (Phi) is 5.70. The maximum absolute atomic E-state index is 11.9. The first-order valence-corrected chi connectivity index (χ1v) is 6.72. The van der Waals surface area contributed by atoms with Gasteiger partial charge in [0.25, 0.3) is 5.91 Å². The Hall–Kier alpha value is -1.50. The van der Waals surface area contributed by atoms with Crippen molar-refractivity contribution in [3.63, 3.8) is 0 Å². The lowest BCUT2D eigenvalue weighted by Gasteiger charge is -2.12. The second kappa shape index (κ2) is 7.05. The minimum atomic E-state index is -1.01. The zero-order valence-corrected chi connectivity index (χ0v) is 11.3. The fraction of sp³-hybridized carbons (Fsp3) is 0.636. The van der Waals surface area contributed by atoms with Gasteiger partial charge in [0, 0.05) is 0 Å². The number of carbonyl (C=O) groups excluding carboxylic acids is 1. The molecule has 0 aliphatic carbocycles. The SMILES string of the molecule is CCCc1nnsc1C(=O)NC(CCC)C(=O)O. The second-order valence-electron chi connectivity index (χ2n) is 3.95. The van der Waals surface area contributed by atoms with Crippen molar-refractivity contribution in [1.82, 2.24) is 14.9 Å². The molecule has 0 aliphatic heterocycles. The highest BCUT2D eigenvalue weighted by molar-refractivity contribution is 7.08. The van der Waals surface area contributed by atoms with Crippen LogP contribution in [-0.2, 0) is 11.2 Å². The van der Waals surface area contributed by atoms with Crippen molar-refractivity contribution in [2.24, 2.45) is 0 Å². The minimum Gasteiger partial charge on any atom is -0.480 e. The van der Waals surface area contributed by atoms with Crippen molar-refractivity contribution in [2.75, 3.05) is 0 Å². The van der Waals surface area contributed by atoms with E-state index in [1.54, 1.807) is 0 Å². The highest BCUT2D eigenvalue weighted by atomic mass is 32.1. The smallest absolute Gasteiger partial charge is 0.326 e. The largest absolute Gasteiger partial charge is 0.480 e.